The molecule has 0 aliphatic heterocycles. The van der Waals surface area contributed by atoms with E-state index in [0.29, 0.717) is 16.5 Å². The van der Waals surface area contributed by atoms with Gasteiger partial charge in [-0.15, -0.1) is 0 Å². The number of ether oxygens (including phenoxy) is 2. The van der Waals surface area contributed by atoms with Gasteiger partial charge in [0.25, 0.3) is 5.88 Å². The van der Waals surface area contributed by atoms with Gasteiger partial charge in [0.2, 0.25) is 5.69 Å². The monoisotopic (exact) mass is 401 g/mol. The highest BCUT2D eigenvalue weighted by Crippen LogP contribution is 2.28. The third kappa shape index (κ3) is 5.02. The van der Waals surface area contributed by atoms with E-state index in [1.165, 1.54) is 19.5 Å². The number of carbonyl (C=O) groups excluding carboxylic acids is 1. The number of carbonyl (C=O) groups is 1. The summed E-state index contributed by atoms with van der Waals surface area (Å²) in [4.78, 5) is 20.3. The van der Waals surface area contributed by atoms with Gasteiger partial charge >= 0.3 is 6.03 Å². The van der Waals surface area contributed by atoms with Crippen molar-refractivity contribution in [2.45, 2.75) is 37.8 Å². The predicted molar refractivity (Wildman–Crippen MR) is 104 cm³/mol. The van der Waals surface area contributed by atoms with E-state index >= 15 is 0 Å². The number of aromatic nitrogens is 2. The molecule has 146 valence electrons. The zero-order valence-corrected chi connectivity index (χ0v) is 16.1. The largest absolute Gasteiger partial charge is 0.495 e. The molecule has 0 bridgehead atoms. The molecule has 0 saturated heterocycles. The number of nitriles is 1. The summed E-state index contributed by atoms with van der Waals surface area (Å²) in [5.41, 5.74) is 0.689. The molecule has 1 aliphatic rings. The van der Waals surface area contributed by atoms with Crippen LogP contribution in [0.25, 0.3) is 0 Å². The van der Waals surface area contributed by atoms with Gasteiger partial charge in [-0.3, -0.25) is 0 Å². The van der Waals surface area contributed by atoms with E-state index in [9.17, 15) is 4.79 Å². The van der Waals surface area contributed by atoms with Crippen molar-refractivity contribution in [3.8, 4) is 17.7 Å². The Morgan fingerprint density at radius 1 is 1.25 bits per heavy atom. The highest BCUT2D eigenvalue weighted by molar-refractivity contribution is 6.31. The molecule has 0 unspecified atom stereocenters. The summed E-state index contributed by atoms with van der Waals surface area (Å²) in [6, 6.07) is 6.72. The van der Waals surface area contributed by atoms with Crippen LogP contribution in [0.3, 0.4) is 0 Å². The summed E-state index contributed by atoms with van der Waals surface area (Å²) in [6.07, 6.45) is 5.90. The molecule has 2 N–H and O–H groups in total. The molecule has 8 nitrogen and oxygen atoms in total. The third-order valence-corrected chi connectivity index (χ3v) is 4.70. The Hall–Kier alpha value is -3.05. The van der Waals surface area contributed by atoms with Crippen LogP contribution in [0.4, 0.5) is 10.5 Å². The number of nitrogens with one attached hydrogen (secondary N) is 2. The average Bonchev–Trinajstić information content (AvgIpc) is 2.70. The molecule has 2 aromatic rings. The van der Waals surface area contributed by atoms with Gasteiger partial charge in [0.05, 0.1) is 12.8 Å². The lowest BCUT2D eigenvalue weighted by molar-refractivity contribution is 0.134. The van der Waals surface area contributed by atoms with Gasteiger partial charge in [0, 0.05) is 23.5 Å². The molecular weight excluding hydrogens is 382 g/mol. The molecule has 1 saturated carbocycles. The zero-order chi connectivity index (χ0) is 19.9. The first kappa shape index (κ1) is 19.7. The fraction of sp³-hybridized carbons (Fsp3) is 0.368. The van der Waals surface area contributed by atoms with Crippen molar-refractivity contribution in [2.75, 3.05) is 12.4 Å². The average molecular weight is 402 g/mol. The van der Waals surface area contributed by atoms with Gasteiger partial charge < -0.3 is 20.1 Å². The minimum atomic E-state index is -0.314. The SMILES string of the molecule is COc1ccc(Cl)cc1NC(=O)NC1CCC(Oc2nccnc2C#N)CC1. The Kier molecular flexibility index (Phi) is 6.50. The number of hydrogen-bond donors (Lipinski definition) is 2. The van der Waals surface area contributed by atoms with Crippen LogP contribution >= 0.6 is 11.6 Å². The van der Waals surface area contributed by atoms with E-state index in [0.717, 1.165) is 25.7 Å². The van der Waals surface area contributed by atoms with Crippen LogP contribution < -0.4 is 20.1 Å². The number of rotatable bonds is 5. The fourth-order valence-corrected chi connectivity index (χ4v) is 3.26. The summed E-state index contributed by atoms with van der Waals surface area (Å²) in [5, 5.41) is 15.3. The Balaban J connectivity index is 1.50. The van der Waals surface area contributed by atoms with Gasteiger partial charge in [0.1, 0.15) is 17.9 Å². The van der Waals surface area contributed by atoms with E-state index < -0.39 is 0 Å². The van der Waals surface area contributed by atoms with Crippen LogP contribution in [0.2, 0.25) is 5.02 Å². The van der Waals surface area contributed by atoms with E-state index in [2.05, 4.69) is 20.6 Å². The lowest BCUT2D eigenvalue weighted by Crippen LogP contribution is -2.41. The number of methoxy groups -OCH3 is 1. The molecule has 1 heterocycles. The Labute approximate surface area is 167 Å². The van der Waals surface area contributed by atoms with Gasteiger partial charge in [-0.25, -0.2) is 14.8 Å². The maximum Gasteiger partial charge on any atom is 0.319 e. The molecule has 28 heavy (non-hydrogen) atoms. The predicted octanol–water partition coefficient (Wildman–Crippen LogP) is 3.52. The molecule has 1 fully saturated rings. The number of hydrogen-bond acceptors (Lipinski definition) is 6. The van der Waals surface area contributed by atoms with E-state index in [1.807, 2.05) is 6.07 Å². The van der Waals surface area contributed by atoms with Crippen LogP contribution in [0.15, 0.2) is 30.6 Å². The summed E-state index contributed by atoms with van der Waals surface area (Å²) < 4.78 is 11.0. The molecule has 2 amide bonds. The van der Waals surface area contributed by atoms with Crippen LogP contribution in [0.5, 0.6) is 11.6 Å². The van der Waals surface area contributed by atoms with Crippen LogP contribution in [0.1, 0.15) is 31.4 Å². The highest BCUT2D eigenvalue weighted by Gasteiger charge is 2.25. The summed E-state index contributed by atoms with van der Waals surface area (Å²) in [6.45, 7) is 0. The number of halogens is 1. The first-order chi connectivity index (χ1) is 13.6. The number of benzene rings is 1. The maximum atomic E-state index is 12.3. The number of nitrogens with zero attached hydrogens (tertiary/aromatic N) is 3. The van der Waals surface area contributed by atoms with Crippen molar-refractivity contribution < 1.29 is 14.3 Å². The standard InChI is InChI=1S/C19H20ClN5O3/c1-27-17-7-2-12(20)10-15(17)25-19(26)24-13-3-5-14(6-4-13)28-18-16(11-21)22-8-9-23-18/h2,7-10,13-14H,3-6H2,1H3,(H2,24,25,26). The van der Waals surface area contributed by atoms with Crippen molar-refractivity contribution in [1.82, 2.24) is 15.3 Å². The minimum absolute atomic E-state index is 0.0299. The van der Waals surface area contributed by atoms with Crippen molar-refractivity contribution in [3.63, 3.8) is 0 Å². The summed E-state index contributed by atoms with van der Waals surface area (Å²) in [7, 11) is 1.53. The number of amides is 2. The molecular formula is C19H20ClN5O3. The second-order valence-corrected chi connectivity index (χ2v) is 6.79. The second-order valence-electron chi connectivity index (χ2n) is 6.36. The van der Waals surface area contributed by atoms with Crippen LogP contribution in [0, 0.1) is 11.3 Å². The number of anilines is 1. The zero-order valence-electron chi connectivity index (χ0n) is 15.3. The number of urea groups is 1. The van der Waals surface area contributed by atoms with Gasteiger partial charge in [-0.1, -0.05) is 11.6 Å². The lowest BCUT2D eigenvalue weighted by Gasteiger charge is -2.29. The van der Waals surface area contributed by atoms with E-state index in [1.54, 1.807) is 18.2 Å². The Bertz CT molecular complexity index is 878. The Morgan fingerprint density at radius 2 is 2.00 bits per heavy atom. The van der Waals surface area contributed by atoms with Crippen molar-refractivity contribution in [3.05, 3.63) is 41.3 Å². The molecule has 0 radical (unpaired) electrons. The van der Waals surface area contributed by atoms with Crippen molar-refractivity contribution in [1.29, 1.82) is 5.26 Å². The molecule has 0 spiro atoms. The molecule has 1 aromatic heterocycles. The van der Waals surface area contributed by atoms with E-state index in [4.69, 9.17) is 26.3 Å². The lowest BCUT2D eigenvalue weighted by atomic mass is 9.93. The summed E-state index contributed by atoms with van der Waals surface area (Å²) >= 11 is 5.98. The van der Waals surface area contributed by atoms with Crippen molar-refractivity contribution in [2.24, 2.45) is 0 Å². The van der Waals surface area contributed by atoms with Crippen molar-refractivity contribution >= 4 is 23.3 Å². The normalized spacial score (nSPS) is 18.6. The highest BCUT2D eigenvalue weighted by atomic mass is 35.5. The summed E-state index contributed by atoms with van der Waals surface area (Å²) in [5.74, 6) is 0.793. The molecule has 3 rings (SSSR count). The topological polar surface area (TPSA) is 109 Å². The third-order valence-electron chi connectivity index (χ3n) is 4.47. The van der Waals surface area contributed by atoms with Crippen LogP contribution in [-0.4, -0.2) is 35.3 Å². The van der Waals surface area contributed by atoms with Gasteiger partial charge in [-0.2, -0.15) is 5.26 Å². The quantitative estimate of drug-likeness (QED) is 0.793. The van der Waals surface area contributed by atoms with Gasteiger partial charge in [0.15, 0.2) is 0 Å². The fourth-order valence-electron chi connectivity index (χ4n) is 3.09. The van der Waals surface area contributed by atoms with Gasteiger partial charge in [-0.05, 0) is 43.9 Å². The second kappa shape index (κ2) is 9.24. The minimum Gasteiger partial charge on any atom is -0.495 e. The first-order valence-corrected chi connectivity index (χ1v) is 9.25. The van der Waals surface area contributed by atoms with Crippen LogP contribution in [-0.2, 0) is 0 Å². The smallest absolute Gasteiger partial charge is 0.319 e. The molecule has 1 aromatic carbocycles. The maximum absolute atomic E-state index is 12.3. The molecule has 1 aliphatic carbocycles. The Morgan fingerprint density at radius 3 is 2.71 bits per heavy atom. The first-order valence-electron chi connectivity index (χ1n) is 8.88. The molecule has 0 atom stereocenters. The molecule has 9 heteroatoms. The van der Waals surface area contributed by atoms with E-state index in [-0.39, 0.29) is 29.8 Å².